The summed E-state index contributed by atoms with van der Waals surface area (Å²) in [6.07, 6.45) is 10.5. The van der Waals surface area contributed by atoms with Gasteiger partial charge in [-0.05, 0) is 32.2 Å². The lowest BCUT2D eigenvalue weighted by Crippen LogP contribution is -2.38. The van der Waals surface area contributed by atoms with E-state index < -0.39 is 0 Å². The fraction of sp³-hybridized carbons (Fsp3) is 0.632. The summed E-state index contributed by atoms with van der Waals surface area (Å²) in [4.78, 5) is 18.2. The van der Waals surface area contributed by atoms with Crippen molar-refractivity contribution in [3.8, 4) is 0 Å². The van der Waals surface area contributed by atoms with E-state index in [4.69, 9.17) is 4.74 Å². The number of likely N-dealkylation sites (tertiary alicyclic amines) is 1. The van der Waals surface area contributed by atoms with Gasteiger partial charge in [0.1, 0.15) is 5.82 Å². The summed E-state index contributed by atoms with van der Waals surface area (Å²) in [6, 6.07) is 0. The zero-order chi connectivity index (χ0) is 17.8. The smallest absolute Gasteiger partial charge is 0.225 e. The molecule has 2 aromatic rings. The van der Waals surface area contributed by atoms with Crippen molar-refractivity contribution in [3.63, 3.8) is 0 Å². The van der Waals surface area contributed by atoms with E-state index in [9.17, 15) is 0 Å². The van der Waals surface area contributed by atoms with E-state index in [1.54, 1.807) is 0 Å². The van der Waals surface area contributed by atoms with Gasteiger partial charge in [-0.25, -0.2) is 15.0 Å². The van der Waals surface area contributed by atoms with Crippen LogP contribution in [0, 0.1) is 12.8 Å². The van der Waals surface area contributed by atoms with E-state index in [1.165, 1.54) is 18.4 Å². The van der Waals surface area contributed by atoms with Gasteiger partial charge < -0.3 is 14.2 Å². The van der Waals surface area contributed by atoms with Crippen LogP contribution in [0.1, 0.15) is 24.2 Å². The van der Waals surface area contributed by atoms with Crippen molar-refractivity contribution in [2.24, 2.45) is 5.92 Å². The highest BCUT2D eigenvalue weighted by atomic mass is 16.5. The number of ether oxygens (including phenoxy) is 1. The predicted octanol–water partition coefficient (Wildman–Crippen LogP) is 1.73. The number of morpholine rings is 1. The standard InChI is InChI=1S/C19H28N6O/c1-16-20-4-6-25(16)15-17-3-2-5-23(13-17)14-18-11-21-19(22-12-18)24-7-9-26-10-8-24/h4,6,11-12,17H,2-3,5,7-10,13-15H2,1H3. The highest BCUT2D eigenvalue weighted by molar-refractivity contribution is 5.30. The second-order valence-corrected chi connectivity index (χ2v) is 7.36. The molecule has 26 heavy (non-hydrogen) atoms. The number of nitrogens with zero attached hydrogens (tertiary/aromatic N) is 6. The first kappa shape index (κ1) is 17.4. The van der Waals surface area contributed by atoms with Crippen molar-refractivity contribution in [1.29, 1.82) is 0 Å². The molecule has 7 heteroatoms. The first-order chi connectivity index (χ1) is 12.8. The van der Waals surface area contributed by atoms with Crippen molar-refractivity contribution < 1.29 is 4.74 Å². The number of anilines is 1. The molecule has 2 aliphatic rings. The third-order valence-corrected chi connectivity index (χ3v) is 5.37. The molecule has 140 valence electrons. The van der Waals surface area contributed by atoms with Crippen molar-refractivity contribution in [1.82, 2.24) is 24.4 Å². The Kier molecular flexibility index (Phi) is 5.45. The average Bonchev–Trinajstić information content (AvgIpc) is 3.08. The summed E-state index contributed by atoms with van der Waals surface area (Å²) in [7, 11) is 0. The summed E-state index contributed by atoms with van der Waals surface area (Å²) >= 11 is 0. The molecule has 1 unspecified atom stereocenters. The predicted molar refractivity (Wildman–Crippen MR) is 100 cm³/mol. The third-order valence-electron chi connectivity index (χ3n) is 5.37. The largest absolute Gasteiger partial charge is 0.378 e. The lowest BCUT2D eigenvalue weighted by Gasteiger charge is -2.33. The Labute approximate surface area is 155 Å². The molecule has 0 aromatic carbocycles. The topological polar surface area (TPSA) is 59.3 Å². The molecule has 7 nitrogen and oxygen atoms in total. The quantitative estimate of drug-likeness (QED) is 0.813. The maximum atomic E-state index is 5.39. The third kappa shape index (κ3) is 4.22. The van der Waals surface area contributed by atoms with Crippen LogP contribution in [0.3, 0.4) is 0 Å². The van der Waals surface area contributed by atoms with Gasteiger partial charge in [0, 0.05) is 63.1 Å². The molecule has 4 heterocycles. The van der Waals surface area contributed by atoms with Gasteiger partial charge in [0.15, 0.2) is 0 Å². The molecular formula is C19H28N6O. The summed E-state index contributed by atoms with van der Waals surface area (Å²) < 4.78 is 7.66. The van der Waals surface area contributed by atoms with E-state index in [-0.39, 0.29) is 0 Å². The van der Waals surface area contributed by atoms with Gasteiger partial charge in [-0.15, -0.1) is 0 Å². The van der Waals surface area contributed by atoms with Gasteiger partial charge in [-0.1, -0.05) is 0 Å². The van der Waals surface area contributed by atoms with Crippen molar-refractivity contribution in [3.05, 3.63) is 36.2 Å². The van der Waals surface area contributed by atoms with Crippen LogP contribution in [-0.2, 0) is 17.8 Å². The number of aromatic nitrogens is 4. The summed E-state index contributed by atoms with van der Waals surface area (Å²) in [5, 5.41) is 0. The Morgan fingerprint density at radius 1 is 1.12 bits per heavy atom. The summed E-state index contributed by atoms with van der Waals surface area (Å²) in [6.45, 7) is 9.63. The second kappa shape index (κ2) is 8.14. The van der Waals surface area contributed by atoms with E-state index in [0.717, 1.165) is 64.3 Å². The lowest BCUT2D eigenvalue weighted by molar-refractivity contribution is 0.122. The minimum absolute atomic E-state index is 0.685. The van der Waals surface area contributed by atoms with Crippen molar-refractivity contribution in [2.45, 2.75) is 32.9 Å². The number of piperidine rings is 1. The number of imidazole rings is 1. The van der Waals surface area contributed by atoms with Gasteiger partial charge in [0.2, 0.25) is 5.95 Å². The zero-order valence-corrected chi connectivity index (χ0v) is 15.5. The Balaban J connectivity index is 1.32. The van der Waals surface area contributed by atoms with Crippen molar-refractivity contribution in [2.75, 3.05) is 44.3 Å². The van der Waals surface area contributed by atoms with Gasteiger partial charge in [-0.3, -0.25) is 4.90 Å². The molecule has 2 aromatic heterocycles. The summed E-state index contributed by atoms with van der Waals surface area (Å²) in [5.74, 6) is 2.61. The molecule has 2 saturated heterocycles. The molecule has 2 aliphatic heterocycles. The molecule has 2 fully saturated rings. The van der Waals surface area contributed by atoms with Gasteiger partial charge in [0.05, 0.1) is 13.2 Å². The molecule has 0 amide bonds. The molecule has 0 N–H and O–H groups in total. The average molecular weight is 356 g/mol. The van der Waals surface area contributed by atoms with E-state index in [1.807, 2.05) is 18.6 Å². The zero-order valence-electron chi connectivity index (χ0n) is 15.5. The van der Waals surface area contributed by atoms with Crippen LogP contribution in [0.5, 0.6) is 0 Å². The number of aryl methyl sites for hydroxylation is 1. The maximum absolute atomic E-state index is 5.39. The molecule has 0 spiro atoms. The molecule has 1 atom stereocenters. The monoisotopic (exact) mass is 356 g/mol. The molecule has 0 radical (unpaired) electrons. The first-order valence-corrected chi connectivity index (χ1v) is 9.61. The maximum Gasteiger partial charge on any atom is 0.225 e. The second-order valence-electron chi connectivity index (χ2n) is 7.36. The van der Waals surface area contributed by atoms with Crippen LogP contribution in [0.2, 0.25) is 0 Å². The molecule has 0 aliphatic carbocycles. The van der Waals surface area contributed by atoms with Crippen LogP contribution in [0.4, 0.5) is 5.95 Å². The molecule has 4 rings (SSSR count). The van der Waals surface area contributed by atoms with Crippen LogP contribution in [-0.4, -0.2) is 63.8 Å². The first-order valence-electron chi connectivity index (χ1n) is 9.61. The highest BCUT2D eigenvalue weighted by Crippen LogP contribution is 2.21. The fourth-order valence-corrected chi connectivity index (χ4v) is 3.93. The van der Waals surface area contributed by atoms with Gasteiger partial charge in [-0.2, -0.15) is 0 Å². The molecule has 0 bridgehead atoms. The SMILES string of the molecule is Cc1nccn1CC1CCCN(Cc2cnc(N3CCOCC3)nc2)C1. The van der Waals surface area contributed by atoms with E-state index >= 15 is 0 Å². The van der Waals surface area contributed by atoms with Crippen molar-refractivity contribution >= 4 is 5.95 Å². The highest BCUT2D eigenvalue weighted by Gasteiger charge is 2.21. The Morgan fingerprint density at radius 3 is 2.65 bits per heavy atom. The summed E-state index contributed by atoms with van der Waals surface area (Å²) in [5.41, 5.74) is 1.20. The lowest BCUT2D eigenvalue weighted by atomic mass is 9.97. The normalized spacial score (nSPS) is 21.9. The Hall–Kier alpha value is -1.99. The minimum atomic E-state index is 0.685. The van der Waals surface area contributed by atoms with Crippen LogP contribution >= 0.6 is 0 Å². The minimum Gasteiger partial charge on any atom is -0.378 e. The number of rotatable bonds is 5. The van der Waals surface area contributed by atoms with Crippen LogP contribution < -0.4 is 4.90 Å². The molecular weight excluding hydrogens is 328 g/mol. The van der Waals surface area contributed by atoms with Gasteiger partial charge >= 0.3 is 0 Å². The Bertz CT molecular complexity index is 694. The number of hydrogen-bond acceptors (Lipinski definition) is 6. The van der Waals surface area contributed by atoms with Gasteiger partial charge in [0.25, 0.3) is 0 Å². The Morgan fingerprint density at radius 2 is 1.92 bits per heavy atom. The number of hydrogen-bond donors (Lipinski definition) is 0. The van der Waals surface area contributed by atoms with Crippen LogP contribution in [0.25, 0.3) is 0 Å². The fourth-order valence-electron chi connectivity index (χ4n) is 3.93. The molecule has 0 saturated carbocycles. The van der Waals surface area contributed by atoms with Crippen LogP contribution in [0.15, 0.2) is 24.8 Å². The van der Waals surface area contributed by atoms with E-state index in [2.05, 4.69) is 42.4 Å². The van der Waals surface area contributed by atoms with E-state index in [0.29, 0.717) is 5.92 Å².